The van der Waals surface area contributed by atoms with E-state index in [-0.39, 0.29) is 17.3 Å². The highest BCUT2D eigenvalue weighted by molar-refractivity contribution is 5.70. The molecule has 0 spiro atoms. The zero-order chi connectivity index (χ0) is 15.0. The number of hydrogen-bond acceptors (Lipinski definition) is 5. The van der Waals surface area contributed by atoms with Crippen molar-refractivity contribution >= 4 is 11.2 Å². The van der Waals surface area contributed by atoms with Crippen molar-refractivity contribution in [2.75, 3.05) is 26.8 Å². The Morgan fingerprint density at radius 3 is 2.95 bits per heavy atom. The summed E-state index contributed by atoms with van der Waals surface area (Å²) in [6.07, 6.45) is 2.61. The topological polar surface area (TPSA) is 83.1 Å². The molecular weight excluding hydrogens is 274 g/mol. The Bertz CT molecular complexity index is 766. The molecule has 1 atom stereocenters. The second-order valence-corrected chi connectivity index (χ2v) is 5.26. The van der Waals surface area contributed by atoms with Gasteiger partial charge in [-0.3, -0.25) is 13.9 Å². The molecule has 8 nitrogen and oxygen atoms in total. The quantitative estimate of drug-likeness (QED) is 0.788. The van der Waals surface area contributed by atoms with Crippen LogP contribution in [0.25, 0.3) is 11.2 Å². The van der Waals surface area contributed by atoms with Crippen LogP contribution < -0.4 is 16.6 Å². The number of hydrogen-bond donors (Lipinski definition) is 1. The van der Waals surface area contributed by atoms with Crippen LogP contribution in [0.5, 0.6) is 0 Å². The largest absolute Gasteiger partial charge is 0.383 e. The molecule has 1 aliphatic rings. The predicted molar refractivity (Wildman–Crippen MR) is 77.6 cm³/mol. The summed E-state index contributed by atoms with van der Waals surface area (Å²) >= 11 is 0. The maximum Gasteiger partial charge on any atom is 0.332 e. The van der Waals surface area contributed by atoms with Gasteiger partial charge in [-0.05, 0) is 13.0 Å². The van der Waals surface area contributed by atoms with Gasteiger partial charge in [0.2, 0.25) is 0 Å². The lowest BCUT2D eigenvalue weighted by atomic mass is 10.2. The van der Waals surface area contributed by atoms with E-state index in [1.165, 1.54) is 11.6 Å². The number of nitrogens with one attached hydrogen (secondary N) is 1. The van der Waals surface area contributed by atoms with E-state index in [2.05, 4.69) is 10.3 Å². The molecular formula is C13H19N5O3. The normalized spacial score (nSPS) is 18.7. The molecule has 0 saturated carbocycles. The average molecular weight is 293 g/mol. The van der Waals surface area contributed by atoms with Gasteiger partial charge in [0.15, 0.2) is 11.2 Å². The first kappa shape index (κ1) is 14.0. The Morgan fingerprint density at radius 2 is 2.29 bits per heavy atom. The molecule has 8 heteroatoms. The van der Waals surface area contributed by atoms with Gasteiger partial charge in [0.1, 0.15) is 0 Å². The third kappa shape index (κ3) is 2.20. The second kappa shape index (κ2) is 5.45. The fraction of sp³-hybridized carbons (Fsp3) is 0.615. The fourth-order valence-corrected chi connectivity index (χ4v) is 2.81. The number of ether oxygens (including phenoxy) is 1. The molecule has 0 aromatic carbocycles. The Balaban J connectivity index is 2.24. The van der Waals surface area contributed by atoms with E-state index in [1.54, 1.807) is 13.4 Å². The average Bonchev–Trinajstić information content (AvgIpc) is 3.13. The number of nitrogens with zero attached hydrogens (tertiary/aromatic N) is 4. The SMILES string of the molecule is COCCn1c(=O)n(C)c(=O)c2c1ncn2C1CCNC1. The van der Waals surface area contributed by atoms with Crippen molar-refractivity contribution in [2.24, 2.45) is 7.05 Å². The summed E-state index contributed by atoms with van der Waals surface area (Å²) in [6.45, 7) is 2.50. The Hall–Kier alpha value is -1.93. The molecule has 1 fully saturated rings. The smallest absolute Gasteiger partial charge is 0.332 e. The molecule has 2 aromatic heterocycles. The van der Waals surface area contributed by atoms with Crippen LogP contribution >= 0.6 is 0 Å². The van der Waals surface area contributed by atoms with Crippen molar-refractivity contribution in [2.45, 2.75) is 19.0 Å². The minimum atomic E-state index is -0.362. The number of methoxy groups -OCH3 is 1. The van der Waals surface area contributed by atoms with E-state index >= 15 is 0 Å². The lowest BCUT2D eigenvalue weighted by molar-refractivity contribution is 0.186. The van der Waals surface area contributed by atoms with Gasteiger partial charge in [-0.15, -0.1) is 0 Å². The fourth-order valence-electron chi connectivity index (χ4n) is 2.81. The van der Waals surface area contributed by atoms with Gasteiger partial charge in [0, 0.05) is 26.7 Å². The summed E-state index contributed by atoms with van der Waals surface area (Å²) in [5, 5.41) is 3.27. The third-order valence-corrected chi connectivity index (χ3v) is 4.00. The Labute approximate surface area is 121 Å². The number of imidazole rings is 1. The van der Waals surface area contributed by atoms with Crippen LogP contribution in [0.15, 0.2) is 15.9 Å². The van der Waals surface area contributed by atoms with Crippen molar-refractivity contribution in [1.29, 1.82) is 0 Å². The van der Waals surface area contributed by atoms with Crippen molar-refractivity contribution in [3.05, 3.63) is 27.2 Å². The van der Waals surface area contributed by atoms with Crippen molar-refractivity contribution in [3.63, 3.8) is 0 Å². The van der Waals surface area contributed by atoms with Crippen LogP contribution in [0.2, 0.25) is 0 Å². The lowest BCUT2D eigenvalue weighted by Gasteiger charge is -2.13. The number of aromatic nitrogens is 4. The van der Waals surface area contributed by atoms with Crippen LogP contribution in [0.1, 0.15) is 12.5 Å². The molecule has 0 amide bonds. The van der Waals surface area contributed by atoms with Gasteiger partial charge in [-0.1, -0.05) is 0 Å². The highest BCUT2D eigenvalue weighted by Crippen LogP contribution is 2.19. The summed E-state index contributed by atoms with van der Waals surface area (Å²) in [5.74, 6) is 0. The van der Waals surface area contributed by atoms with E-state index < -0.39 is 0 Å². The highest BCUT2D eigenvalue weighted by Gasteiger charge is 2.22. The molecule has 3 heterocycles. The summed E-state index contributed by atoms with van der Waals surface area (Å²) in [4.78, 5) is 29.0. The molecule has 1 aliphatic heterocycles. The molecule has 114 valence electrons. The van der Waals surface area contributed by atoms with Gasteiger partial charge >= 0.3 is 5.69 Å². The molecule has 0 radical (unpaired) electrons. The maximum absolute atomic E-state index is 12.5. The molecule has 0 aliphatic carbocycles. The third-order valence-electron chi connectivity index (χ3n) is 4.00. The first-order chi connectivity index (χ1) is 10.1. The van der Waals surface area contributed by atoms with Gasteiger partial charge in [-0.25, -0.2) is 9.78 Å². The summed E-state index contributed by atoms with van der Waals surface area (Å²) < 4.78 is 9.56. The van der Waals surface area contributed by atoms with Crippen molar-refractivity contribution in [1.82, 2.24) is 24.0 Å². The van der Waals surface area contributed by atoms with Gasteiger partial charge in [0.05, 0.1) is 19.5 Å². The standard InChI is InChI=1S/C13H19N5O3/c1-16-12(19)10-11(17(13(16)20)5-6-21-2)15-8-18(10)9-3-4-14-7-9/h8-9,14H,3-7H2,1-2H3. The number of rotatable bonds is 4. The van der Waals surface area contributed by atoms with Crippen LogP contribution in [-0.2, 0) is 18.3 Å². The van der Waals surface area contributed by atoms with E-state index in [0.29, 0.717) is 24.3 Å². The van der Waals surface area contributed by atoms with Crippen LogP contribution in [0.3, 0.4) is 0 Å². The van der Waals surface area contributed by atoms with E-state index in [9.17, 15) is 9.59 Å². The van der Waals surface area contributed by atoms with E-state index in [4.69, 9.17) is 4.74 Å². The molecule has 3 rings (SSSR count). The van der Waals surface area contributed by atoms with Crippen LogP contribution in [0, 0.1) is 0 Å². The Morgan fingerprint density at radius 1 is 1.48 bits per heavy atom. The molecule has 2 aromatic rings. The lowest BCUT2D eigenvalue weighted by Crippen LogP contribution is -2.39. The van der Waals surface area contributed by atoms with E-state index in [1.807, 2.05) is 4.57 Å². The zero-order valence-electron chi connectivity index (χ0n) is 12.2. The molecule has 1 N–H and O–H groups in total. The summed E-state index contributed by atoms with van der Waals surface area (Å²) in [6, 6.07) is 0.205. The second-order valence-electron chi connectivity index (χ2n) is 5.26. The van der Waals surface area contributed by atoms with Crippen molar-refractivity contribution < 1.29 is 4.74 Å². The van der Waals surface area contributed by atoms with Crippen LogP contribution in [-0.4, -0.2) is 45.5 Å². The van der Waals surface area contributed by atoms with Gasteiger partial charge in [0.25, 0.3) is 5.56 Å². The molecule has 0 bridgehead atoms. The molecule has 21 heavy (non-hydrogen) atoms. The predicted octanol–water partition coefficient (Wildman–Crippen LogP) is -0.922. The van der Waals surface area contributed by atoms with Gasteiger partial charge in [-0.2, -0.15) is 0 Å². The first-order valence-corrected chi connectivity index (χ1v) is 7.01. The van der Waals surface area contributed by atoms with Crippen LogP contribution in [0.4, 0.5) is 0 Å². The van der Waals surface area contributed by atoms with Gasteiger partial charge < -0.3 is 14.6 Å². The number of fused-ring (bicyclic) bond motifs is 1. The van der Waals surface area contributed by atoms with Crippen molar-refractivity contribution in [3.8, 4) is 0 Å². The minimum absolute atomic E-state index is 0.205. The molecule has 1 saturated heterocycles. The highest BCUT2D eigenvalue weighted by atomic mass is 16.5. The summed E-state index contributed by atoms with van der Waals surface area (Å²) in [5.41, 5.74) is 0.265. The van der Waals surface area contributed by atoms with E-state index in [0.717, 1.165) is 24.1 Å². The summed E-state index contributed by atoms with van der Waals surface area (Å²) in [7, 11) is 3.07. The molecule has 1 unspecified atom stereocenters. The first-order valence-electron chi connectivity index (χ1n) is 7.01. The maximum atomic E-state index is 12.5. The monoisotopic (exact) mass is 293 g/mol. The minimum Gasteiger partial charge on any atom is -0.383 e. The Kier molecular flexibility index (Phi) is 3.64. The zero-order valence-corrected chi connectivity index (χ0v) is 12.2.